The number of hydrogen-bond donors (Lipinski definition) is 1. The SMILES string of the molecule is Cc1c(C(C)C)[nH]c2cccc(Br)c12. The Morgan fingerprint density at radius 1 is 1.29 bits per heavy atom. The number of aromatic nitrogens is 1. The highest BCUT2D eigenvalue weighted by atomic mass is 79.9. The van der Waals surface area contributed by atoms with Crippen LogP contribution < -0.4 is 0 Å². The van der Waals surface area contributed by atoms with Crippen molar-refractivity contribution in [3.63, 3.8) is 0 Å². The molecule has 0 aliphatic carbocycles. The number of aryl methyl sites for hydroxylation is 1. The first-order chi connectivity index (χ1) is 6.61. The normalized spacial score (nSPS) is 11.5. The summed E-state index contributed by atoms with van der Waals surface area (Å²) >= 11 is 3.59. The molecule has 2 aromatic rings. The van der Waals surface area contributed by atoms with Crippen molar-refractivity contribution in [2.45, 2.75) is 26.7 Å². The Labute approximate surface area is 92.6 Å². The lowest BCUT2D eigenvalue weighted by molar-refractivity contribution is 0.828. The number of halogens is 1. The van der Waals surface area contributed by atoms with Crippen molar-refractivity contribution in [1.29, 1.82) is 0 Å². The smallest absolute Gasteiger partial charge is 0.0470 e. The molecule has 1 heterocycles. The van der Waals surface area contributed by atoms with Crippen LogP contribution in [0.4, 0.5) is 0 Å². The van der Waals surface area contributed by atoms with Crippen molar-refractivity contribution >= 4 is 26.8 Å². The van der Waals surface area contributed by atoms with Crippen LogP contribution in [0.25, 0.3) is 10.9 Å². The maximum absolute atomic E-state index is 3.59. The molecular weight excluding hydrogens is 238 g/mol. The van der Waals surface area contributed by atoms with Crippen LogP contribution in [-0.4, -0.2) is 4.98 Å². The zero-order valence-corrected chi connectivity index (χ0v) is 10.3. The lowest BCUT2D eigenvalue weighted by Crippen LogP contribution is -1.89. The van der Waals surface area contributed by atoms with Crippen molar-refractivity contribution in [2.24, 2.45) is 0 Å². The number of rotatable bonds is 1. The van der Waals surface area contributed by atoms with Gasteiger partial charge in [-0.2, -0.15) is 0 Å². The van der Waals surface area contributed by atoms with Gasteiger partial charge in [-0.1, -0.05) is 35.8 Å². The molecule has 2 heteroatoms. The van der Waals surface area contributed by atoms with Crippen molar-refractivity contribution < 1.29 is 0 Å². The van der Waals surface area contributed by atoms with Gasteiger partial charge >= 0.3 is 0 Å². The molecule has 0 spiro atoms. The summed E-state index contributed by atoms with van der Waals surface area (Å²) < 4.78 is 1.18. The molecule has 0 radical (unpaired) electrons. The van der Waals surface area contributed by atoms with Crippen LogP contribution in [0.1, 0.15) is 31.0 Å². The molecule has 1 N–H and O–H groups in total. The zero-order chi connectivity index (χ0) is 10.3. The first kappa shape index (κ1) is 9.78. The molecule has 1 aromatic heterocycles. The van der Waals surface area contributed by atoms with Gasteiger partial charge in [-0.25, -0.2) is 0 Å². The monoisotopic (exact) mass is 251 g/mol. The van der Waals surface area contributed by atoms with Crippen LogP contribution in [0.5, 0.6) is 0 Å². The molecule has 0 fully saturated rings. The van der Waals surface area contributed by atoms with E-state index >= 15 is 0 Å². The molecule has 0 aliphatic heterocycles. The summed E-state index contributed by atoms with van der Waals surface area (Å²) in [6.45, 7) is 6.61. The largest absolute Gasteiger partial charge is 0.358 e. The molecule has 14 heavy (non-hydrogen) atoms. The maximum atomic E-state index is 3.59. The lowest BCUT2D eigenvalue weighted by atomic mass is 10.1. The van der Waals surface area contributed by atoms with Crippen LogP contribution in [-0.2, 0) is 0 Å². The Balaban J connectivity index is 2.81. The summed E-state index contributed by atoms with van der Waals surface area (Å²) in [6, 6.07) is 6.28. The van der Waals surface area contributed by atoms with Crippen molar-refractivity contribution in [3.8, 4) is 0 Å². The first-order valence-corrected chi connectivity index (χ1v) is 5.67. The average Bonchev–Trinajstić information content (AvgIpc) is 2.45. The van der Waals surface area contributed by atoms with Gasteiger partial charge in [-0.3, -0.25) is 0 Å². The Bertz CT molecular complexity index is 468. The third kappa shape index (κ3) is 1.38. The minimum Gasteiger partial charge on any atom is -0.358 e. The third-order valence-electron chi connectivity index (χ3n) is 2.64. The Hall–Kier alpha value is -0.760. The minimum atomic E-state index is 0.550. The van der Waals surface area contributed by atoms with Crippen molar-refractivity contribution in [1.82, 2.24) is 4.98 Å². The van der Waals surface area contributed by atoms with Crippen LogP contribution in [0.15, 0.2) is 22.7 Å². The van der Waals surface area contributed by atoms with Gasteiger partial charge in [0.15, 0.2) is 0 Å². The molecule has 0 amide bonds. The number of aromatic amines is 1. The maximum Gasteiger partial charge on any atom is 0.0470 e. The summed E-state index contributed by atoms with van der Waals surface area (Å²) in [5.74, 6) is 0.550. The van der Waals surface area contributed by atoms with E-state index < -0.39 is 0 Å². The number of H-pyrrole nitrogens is 1. The molecule has 2 rings (SSSR count). The number of benzene rings is 1. The standard InChI is InChI=1S/C12H14BrN/c1-7(2)12-8(3)11-9(13)5-4-6-10(11)14-12/h4-7,14H,1-3H3. The van der Waals surface area contributed by atoms with Gasteiger partial charge in [-0.15, -0.1) is 0 Å². The summed E-state index contributed by atoms with van der Waals surface area (Å²) in [5.41, 5.74) is 3.93. The van der Waals surface area contributed by atoms with Crippen LogP contribution in [0.2, 0.25) is 0 Å². The molecule has 0 saturated carbocycles. The average molecular weight is 252 g/mol. The van der Waals surface area contributed by atoms with E-state index in [2.05, 4.69) is 59.9 Å². The van der Waals surface area contributed by atoms with Gasteiger partial charge in [0.05, 0.1) is 0 Å². The second-order valence-corrected chi connectivity index (χ2v) is 4.84. The molecular formula is C12H14BrN. The fraction of sp³-hybridized carbons (Fsp3) is 0.333. The van der Waals surface area contributed by atoms with Gasteiger partial charge in [0, 0.05) is 21.1 Å². The Morgan fingerprint density at radius 3 is 2.57 bits per heavy atom. The minimum absolute atomic E-state index is 0.550. The molecule has 1 nitrogen and oxygen atoms in total. The Morgan fingerprint density at radius 2 is 2.00 bits per heavy atom. The lowest BCUT2D eigenvalue weighted by Gasteiger charge is -2.02. The molecule has 74 valence electrons. The predicted molar refractivity (Wildman–Crippen MR) is 64.8 cm³/mol. The summed E-state index contributed by atoms with van der Waals surface area (Å²) in [6.07, 6.45) is 0. The highest BCUT2D eigenvalue weighted by Gasteiger charge is 2.11. The predicted octanol–water partition coefficient (Wildman–Crippen LogP) is 4.36. The number of nitrogens with one attached hydrogen (secondary N) is 1. The summed E-state index contributed by atoms with van der Waals surface area (Å²) in [5, 5.41) is 1.32. The van der Waals surface area contributed by atoms with E-state index in [1.165, 1.54) is 26.6 Å². The van der Waals surface area contributed by atoms with Gasteiger partial charge in [-0.05, 0) is 30.5 Å². The zero-order valence-electron chi connectivity index (χ0n) is 8.69. The van der Waals surface area contributed by atoms with E-state index in [1.807, 2.05) is 0 Å². The molecule has 0 atom stereocenters. The quantitative estimate of drug-likeness (QED) is 0.776. The Kier molecular flexibility index (Phi) is 2.40. The van der Waals surface area contributed by atoms with Gasteiger partial charge in [0.25, 0.3) is 0 Å². The summed E-state index contributed by atoms with van der Waals surface area (Å²) in [7, 11) is 0. The number of hydrogen-bond acceptors (Lipinski definition) is 0. The van der Waals surface area contributed by atoms with Crippen molar-refractivity contribution in [2.75, 3.05) is 0 Å². The molecule has 0 saturated heterocycles. The fourth-order valence-corrected chi connectivity index (χ4v) is 2.62. The summed E-state index contributed by atoms with van der Waals surface area (Å²) in [4.78, 5) is 3.47. The molecule has 0 bridgehead atoms. The van der Waals surface area contributed by atoms with E-state index in [1.54, 1.807) is 0 Å². The number of fused-ring (bicyclic) bond motifs is 1. The topological polar surface area (TPSA) is 15.8 Å². The van der Waals surface area contributed by atoms with Crippen LogP contribution in [0, 0.1) is 6.92 Å². The van der Waals surface area contributed by atoms with E-state index in [0.717, 1.165) is 0 Å². The van der Waals surface area contributed by atoms with Crippen LogP contribution in [0.3, 0.4) is 0 Å². The highest BCUT2D eigenvalue weighted by Crippen LogP contribution is 2.31. The van der Waals surface area contributed by atoms with E-state index in [-0.39, 0.29) is 0 Å². The van der Waals surface area contributed by atoms with Crippen molar-refractivity contribution in [3.05, 3.63) is 33.9 Å². The third-order valence-corrected chi connectivity index (χ3v) is 3.30. The van der Waals surface area contributed by atoms with Gasteiger partial charge in [0.1, 0.15) is 0 Å². The van der Waals surface area contributed by atoms with Gasteiger partial charge in [0.2, 0.25) is 0 Å². The fourth-order valence-electron chi connectivity index (χ4n) is 1.96. The van der Waals surface area contributed by atoms with E-state index in [0.29, 0.717) is 5.92 Å². The second-order valence-electron chi connectivity index (χ2n) is 3.98. The molecule has 0 aliphatic rings. The molecule has 0 unspecified atom stereocenters. The highest BCUT2D eigenvalue weighted by molar-refractivity contribution is 9.10. The molecule has 1 aromatic carbocycles. The van der Waals surface area contributed by atoms with Gasteiger partial charge < -0.3 is 4.98 Å². The van der Waals surface area contributed by atoms with E-state index in [9.17, 15) is 0 Å². The first-order valence-electron chi connectivity index (χ1n) is 4.88. The second kappa shape index (κ2) is 3.43. The van der Waals surface area contributed by atoms with Crippen LogP contribution >= 0.6 is 15.9 Å². The van der Waals surface area contributed by atoms with E-state index in [4.69, 9.17) is 0 Å².